The Morgan fingerprint density at radius 1 is 1.15 bits per heavy atom. The van der Waals surface area contributed by atoms with Gasteiger partial charge in [0.05, 0.1) is 0 Å². The van der Waals surface area contributed by atoms with Crippen molar-refractivity contribution in [2.75, 3.05) is 12.3 Å². The summed E-state index contributed by atoms with van der Waals surface area (Å²) in [6.45, 7) is 12.4. The minimum atomic E-state index is 0.478. The fourth-order valence-corrected chi connectivity index (χ4v) is 5.97. The number of benzene rings is 1. The second-order valence-corrected chi connectivity index (χ2v) is 8.91. The molecule has 0 radical (unpaired) electrons. The summed E-state index contributed by atoms with van der Waals surface area (Å²) < 4.78 is 0. The Morgan fingerprint density at radius 2 is 1.80 bits per heavy atom. The lowest BCUT2D eigenvalue weighted by Gasteiger charge is -2.36. The van der Waals surface area contributed by atoms with E-state index in [1.807, 2.05) is 0 Å². The first kappa shape index (κ1) is 16.3. The predicted molar refractivity (Wildman–Crippen MR) is 95.1 cm³/mol. The first-order chi connectivity index (χ1) is 9.51. The Morgan fingerprint density at radius 3 is 2.35 bits per heavy atom. The van der Waals surface area contributed by atoms with Crippen LogP contribution in [-0.2, 0) is 0 Å². The third kappa shape index (κ3) is 3.96. The van der Waals surface area contributed by atoms with E-state index < -0.39 is 0 Å². The minimum Gasteiger partial charge on any atom is -0.309 e. The zero-order valence-electron chi connectivity index (χ0n) is 13.3. The van der Waals surface area contributed by atoms with Crippen LogP contribution in [0.5, 0.6) is 0 Å². The molecule has 1 aliphatic rings. The van der Waals surface area contributed by atoms with Gasteiger partial charge in [-0.05, 0) is 26.0 Å². The molecule has 0 amide bonds. The first-order valence-corrected chi connectivity index (χ1v) is 9.59. The molecule has 112 valence electrons. The van der Waals surface area contributed by atoms with Crippen LogP contribution in [0.4, 0.5) is 0 Å². The molecule has 3 heteroatoms. The van der Waals surface area contributed by atoms with Crippen LogP contribution in [0.25, 0.3) is 0 Å². The van der Waals surface area contributed by atoms with Gasteiger partial charge in [-0.15, -0.1) is 0 Å². The van der Waals surface area contributed by atoms with Crippen molar-refractivity contribution in [3.8, 4) is 0 Å². The van der Waals surface area contributed by atoms with Crippen LogP contribution in [0.1, 0.15) is 43.5 Å². The fraction of sp³-hybridized carbons (Fsp3) is 0.647. The summed E-state index contributed by atoms with van der Waals surface area (Å²) in [5.41, 5.74) is 4.21. The van der Waals surface area contributed by atoms with Gasteiger partial charge in [-0.25, -0.2) is 0 Å². The number of thioether (sulfide) groups is 2. The zero-order chi connectivity index (χ0) is 14.7. The van der Waals surface area contributed by atoms with E-state index in [9.17, 15) is 0 Å². The highest BCUT2D eigenvalue weighted by Gasteiger charge is 2.31. The predicted octanol–water partition coefficient (Wildman–Crippen LogP) is 4.58. The van der Waals surface area contributed by atoms with E-state index in [2.05, 4.69) is 81.7 Å². The number of hydrogen-bond acceptors (Lipinski definition) is 3. The van der Waals surface area contributed by atoms with Gasteiger partial charge in [0, 0.05) is 27.5 Å². The van der Waals surface area contributed by atoms with E-state index in [0.717, 1.165) is 17.0 Å². The molecule has 4 unspecified atom stereocenters. The van der Waals surface area contributed by atoms with Crippen molar-refractivity contribution in [3.63, 3.8) is 0 Å². The minimum absolute atomic E-state index is 0.478. The van der Waals surface area contributed by atoms with E-state index in [1.165, 1.54) is 22.4 Å². The molecule has 0 aliphatic carbocycles. The molecule has 1 N–H and O–H groups in total. The lowest BCUT2D eigenvalue weighted by atomic mass is 9.99. The standard InChI is InChI=1S/C17H27NS2/c1-6-18-17(15-8-11(2)7-12(3)9-15)16-10-19-13(4)14(5)20-16/h7-9,13-14,16-18H,6,10H2,1-5H3. The molecule has 20 heavy (non-hydrogen) atoms. The summed E-state index contributed by atoms with van der Waals surface area (Å²) in [4.78, 5) is 0. The highest BCUT2D eigenvalue weighted by Crippen LogP contribution is 2.41. The van der Waals surface area contributed by atoms with Crippen molar-refractivity contribution in [3.05, 3.63) is 34.9 Å². The molecule has 0 spiro atoms. The Bertz CT molecular complexity index is 426. The highest BCUT2D eigenvalue weighted by molar-refractivity contribution is 8.07. The van der Waals surface area contributed by atoms with Crippen LogP contribution in [0, 0.1) is 13.8 Å². The second kappa shape index (κ2) is 7.24. The Hall–Kier alpha value is -0.120. The van der Waals surface area contributed by atoms with Crippen LogP contribution in [0.3, 0.4) is 0 Å². The van der Waals surface area contributed by atoms with Crippen molar-refractivity contribution in [2.45, 2.75) is 56.4 Å². The molecule has 0 aromatic heterocycles. The fourth-order valence-electron chi connectivity index (χ4n) is 2.86. The maximum absolute atomic E-state index is 3.72. The van der Waals surface area contributed by atoms with Crippen molar-refractivity contribution in [1.82, 2.24) is 5.32 Å². The molecule has 2 rings (SSSR count). The van der Waals surface area contributed by atoms with Crippen molar-refractivity contribution in [2.24, 2.45) is 0 Å². The van der Waals surface area contributed by atoms with Crippen LogP contribution in [0.15, 0.2) is 18.2 Å². The van der Waals surface area contributed by atoms with E-state index in [1.54, 1.807) is 0 Å². The van der Waals surface area contributed by atoms with Gasteiger partial charge in [0.25, 0.3) is 0 Å². The monoisotopic (exact) mass is 309 g/mol. The van der Waals surface area contributed by atoms with Crippen molar-refractivity contribution >= 4 is 23.5 Å². The molecule has 1 heterocycles. The normalized spacial score (nSPS) is 28.4. The molecule has 1 nitrogen and oxygen atoms in total. The van der Waals surface area contributed by atoms with Crippen LogP contribution >= 0.6 is 23.5 Å². The van der Waals surface area contributed by atoms with Gasteiger partial charge in [-0.1, -0.05) is 50.1 Å². The number of nitrogens with one attached hydrogen (secondary N) is 1. The van der Waals surface area contributed by atoms with Gasteiger partial charge in [-0.3, -0.25) is 0 Å². The van der Waals surface area contributed by atoms with Gasteiger partial charge in [0.15, 0.2) is 0 Å². The highest BCUT2D eigenvalue weighted by atomic mass is 32.2. The molecule has 0 bridgehead atoms. The van der Waals surface area contributed by atoms with E-state index in [4.69, 9.17) is 0 Å². The summed E-state index contributed by atoms with van der Waals surface area (Å²) >= 11 is 4.30. The maximum atomic E-state index is 3.72. The molecule has 1 aliphatic heterocycles. The van der Waals surface area contributed by atoms with Gasteiger partial charge in [0.2, 0.25) is 0 Å². The molecular formula is C17H27NS2. The second-order valence-electron chi connectivity index (χ2n) is 5.87. The molecule has 0 saturated carbocycles. The van der Waals surface area contributed by atoms with Gasteiger partial charge in [0.1, 0.15) is 0 Å². The third-order valence-corrected chi connectivity index (χ3v) is 7.47. The average Bonchev–Trinajstić information content (AvgIpc) is 2.38. The summed E-state index contributed by atoms with van der Waals surface area (Å²) in [6, 6.07) is 7.45. The van der Waals surface area contributed by atoms with Gasteiger partial charge < -0.3 is 5.32 Å². The Kier molecular flexibility index (Phi) is 5.88. The molecule has 4 atom stereocenters. The number of aryl methyl sites for hydroxylation is 2. The third-order valence-electron chi connectivity index (χ3n) is 3.97. The number of rotatable bonds is 4. The molecule has 1 aromatic carbocycles. The lowest BCUT2D eigenvalue weighted by molar-refractivity contribution is 0.547. The molecule has 1 aromatic rings. The van der Waals surface area contributed by atoms with E-state index in [0.29, 0.717) is 11.3 Å². The lowest BCUT2D eigenvalue weighted by Crippen LogP contribution is -2.37. The number of hydrogen-bond donors (Lipinski definition) is 1. The molecular weight excluding hydrogens is 282 g/mol. The quantitative estimate of drug-likeness (QED) is 0.874. The largest absolute Gasteiger partial charge is 0.309 e. The van der Waals surface area contributed by atoms with Gasteiger partial charge >= 0.3 is 0 Å². The Balaban J connectivity index is 2.22. The summed E-state index contributed by atoms with van der Waals surface area (Å²) in [6.07, 6.45) is 0. The summed E-state index contributed by atoms with van der Waals surface area (Å²) in [7, 11) is 0. The zero-order valence-corrected chi connectivity index (χ0v) is 14.9. The SMILES string of the molecule is CCNC(c1cc(C)cc(C)c1)C1CSC(C)C(C)S1. The van der Waals surface area contributed by atoms with Crippen molar-refractivity contribution < 1.29 is 0 Å². The van der Waals surface area contributed by atoms with Crippen LogP contribution in [0.2, 0.25) is 0 Å². The topological polar surface area (TPSA) is 12.0 Å². The van der Waals surface area contributed by atoms with Crippen LogP contribution < -0.4 is 5.32 Å². The summed E-state index contributed by atoms with van der Waals surface area (Å²) in [5.74, 6) is 1.25. The van der Waals surface area contributed by atoms with E-state index >= 15 is 0 Å². The van der Waals surface area contributed by atoms with Gasteiger partial charge in [-0.2, -0.15) is 23.5 Å². The van der Waals surface area contributed by atoms with Crippen LogP contribution in [-0.4, -0.2) is 28.0 Å². The Labute approximate surface area is 132 Å². The summed E-state index contributed by atoms with van der Waals surface area (Å²) in [5, 5.41) is 5.91. The molecule has 1 saturated heterocycles. The first-order valence-electron chi connectivity index (χ1n) is 7.60. The van der Waals surface area contributed by atoms with Crippen molar-refractivity contribution in [1.29, 1.82) is 0 Å². The van der Waals surface area contributed by atoms with E-state index in [-0.39, 0.29) is 0 Å². The molecule has 1 fully saturated rings. The maximum Gasteiger partial charge on any atom is 0.0448 e. The smallest absolute Gasteiger partial charge is 0.0448 e. The average molecular weight is 310 g/mol.